The van der Waals surface area contributed by atoms with Crippen molar-refractivity contribution < 1.29 is 27.9 Å². The number of aliphatic carboxylic acids is 1. The van der Waals surface area contributed by atoms with Gasteiger partial charge in [0.25, 0.3) is 5.78 Å². The van der Waals surface area contributed by atoms with Gasteiger partial charge in [-0.2, -0.15) is 13.2 Å². The third kappa shape index (κ3) is 2.18. The van der Waals surface area contributed by atoms with Crippen molar-refractivity contribution in [3.8, 4) is 0 Å². The van der Waals surface area contributed by atoms with Crippen molar-refractivity contribution >= 4 is 11.8 Å². The van der Waals surface area contributed by atoms with E-state index in [1.165, 1.54) is 0 Å². The second kappa shape index (κ2) is 3.33. The molecule has 0 bridgehead atoms. The molecule has 0 aromatic carbocycles. The Morgan fingerprint density at radius 3 is 1.85 bits per heavy atom. The van der Waals surface area contributed by atoms with Gasteiger partial charge in [0.15, 0.2) is 5.54 Å². The Morgan fingerprint density at radius 2 is 1.77 bits per heavy atom. The maximum Gasteiger partial charge on any atom is 0.452 e. The van der Waals surface area contributed by atoms with Crippen LogP contribution < -0.4 is 5.73 Å². The second-order valence-electron chi connectivity index (χ2n) is 2.46. The normalized spacial score (nSPS) is 16.4. The first-order valence-electron chi connectivity index (χ1n) is 3.30. The van der Waals surface area contributed by atoms with E-state index in [1.54, 1.807) is 0 Å². The Balaban J connectivity index is 5.01. The van der Waals surface area contributed by atoms with Crippen LogP contribution in [0.15, 0.2) is 0 Å². The number of carbonyl (C=O) groups is 2. The van der Waals surface area contributed by atoms with Crippen LogP contribution in [0.5, 0.6) is 0 Å². The number of ketones is 1. The van der Waals surface area contributed by atoms with Crippen molar-refractivity contribution in [1.29, 1.82) is 0 Å². The summed E-state index contributed by atoms with van der Waals surface area (Å²) in [6.07, 6.45) is -5.83. The second-order valence-corrected chi connectivity index (χ2v) is 2.46. The topological polar surface area (TPSA) is 80.4 Å². The summed E-state index contributed by atoms with van der Waals surface area (Å²) in [5.74, 6) is -4.41. The average molecular weight is 199 g/mol. The first kappa shape index (κ1) is 11.9. The lowest BCUT2D eigenvalue weighted by Crippen LogP contribution is -2.59. The third-order valence-corrected chi connectivity index (χ3v) is 1.60. The van der Waals surface area contributed by atoms with Crippen LogP contribution in [0.4, 0.5) is 13.2 Å². The molecule has 0 radical (unpaired) electrons. The van der Waals surface area contributed by atoms with Crippen LogP contribution in [0, 0.1) is 0 Å². The van der Waals surface area contributed by atoms with Crippen LogP contribution >= 0.6 is 0 Å². The Hall–Kier alpha value is -1.11. The molecule has 3 N–H and O–H groups in total. The van der Waals surface area contributed by atoms with E-state index in [4.69, 9.17) is 10.8 Å². The lowest BCUT2D eigenvalue weighted by atomic mass is 9.92. The summed E-state index contributed by atoms with van der Waals surface area (Å²) >= 11 is 0. The van der Waals surface area contributed by atoms with E-state index in [1.807, 2.05) is 0 Å². The predicted octanol–water partition coefficient (Wildman–Crippen LogP) is 0.310. The van der Waals surface area contributed by atoms with Gasteiger partial charge < -0.3 is 10.8 Å². The molecule has 0 aliphatic heterocycles. The maximum absolute atomic E-state index is 11.8. The molecule has 0 aromatic heterocycles. The fraction of sp³-hybridized carbons (Fsp3) is 0.667. The molecule has 0 fully saturated rings. The first-order chi connectivity index (χ1) is 5.66. The molecule has 0 saturated carbocycles. The average Bonchev–Trinajstić information content (AvgIpc) is 1.99. The van der Waals surface area contributed by atoms with E-state index in [0.29, 0.717) is 0 Å². The molecule has 0 amide bonds. The van der Waals surface area contributed by atoms with Gasteiger partial charge in [-0.3, -0.25) is 4.79 Å². The Kier molecular flexibility index (Phi) is 3.04. The number of nitrogens with two attached hydrogens (primary N) is 1. The third-order valence-electron chi connectivity index (χ3n) is 1.60. The van der Waals surface area contributed by atoms with Gasteiger partial charge in [0.2, 0.25) is 0 Å². The van der Waals surface area contributed by atoms with Gasteiger partial charge in [0, 0.05) is 0 Å². The minimum atomic E-state index is -5.22. The number of hydrogen-bond donors (Lipinski definition) is 2. The van der Waals surface area contributed by atoms with E-state index in [0.717, 1.165) is 6.92 Å². The van der Waals surface area contributed by atoms with Gasteiger partial charge in [0.05, 0.1) is 0 Å². The first-order valence-corrected chi connectivity index (χ1v) is 3.30. The lowest BCUT2D eigenvalue weighted by Gasteiger charge is -2.22. The molecule has 1 atom stereocenters. The molecule has 0 aliphatic carbocycles. The van der Waals surface area contributed by atoms with Crippen molar-refractivity contribution in [2.45, 2.75) is 25.1 Å². The summed E-state index contributed by atoms with van der Waals surface area (Å²) in [7, 11) is 0. The van der Waals surface area contributed by atoms with Gasteiger partial charge in [0.1, 0.15) is 0 Å². The van der Waals surface area contributed by atoms with Crippen molar-refractivity contribution in [2.75, 3.05) is 0 Å². The number of rotatable bonds is 3. The molecule has 1 unspecified atom stereocenters. The smallest absolute Gasteiger partial charge is 0.452 e. The monoisotopic (exact) mass is 199 g/mol. The Bertz CT molecular complexity index is 238. The summed E-state index contributed by atoms with van der Waals surface area (Å²) < 4.78 is 35.4. The van der Waals surface area contributed by atoms with Gasteiger partial charge >= 0.3 is 12.1 Å². The van der Waals surface area contributed by atoms with Crippen LogP contribution in [0.2, 0.25) is 0 Å². The number of Topliss-reactive ketones (excluding diaryl/α,β-unsaturated/α-hetero) is 1. The Morgan fingerprint density at radius 1 is 1.38 bits per heavy atom. The van der Waals surface area contributed by atoms with Crippen LogP contribution in [-0.4, -0.2) is 28.6 Å². The molecular weight excluding hydrogens is 191 g/mol. The molecule has 0 aliphatic rings. The zero-order chi connectivity index (χ0) is 10.9. The quantitative estimate of drug-likeness (QED) is 0.641. The van der Waals surface area contributed by atoms with E-state index >= 15 is 0 Å². The van der Waals surface area contributed by atoms with Gasteiger partial charge in [-0.05, 0) is 6.42 Å². The number of alkyl halides is 3. The van der Waals surface area contributed by atoms with Crippen molar-refractivity contribution in [1.82, 2.24) is 0 Å². The predicted molar refractivity (Wildman–Crippen MR) is 35.9 cm³/mol. The van der Waals surface area contributed by atoms with Crippen molar-refractivity contribution in [2.24, 2.45) is 5.73 Å². The molecule has 4 nitrogen and oxygen atoms in total. The highest BCUT2D eigenvalue weighted by Gasteiger charge is 2.54. The lowest BCUT2D eigenvalue weighted by molar-refractivity contribution is -0.181. The Labute approximate surface area is 71.5 Å². The molecule has 0 saturated heterocycles. The van der Waals surface area contributed by atoms with E-state index in [2.05, 4.69) is 0 Å². The minimum absolute atomic E-state index is 0.610. The largest absolute Gasteiger partial charge is 0.480 e. The molecule has 0 rings (SSSR count). The van der Waals surface area contributed by atoms with E-state index < -0.39 is 29.9 Å². The van der Waals surface area contributed by atoms with E-state index in [9.17, 15) is 22.8 Å². The number of carboxylic acid groups (broad SMARTS) is 1. The molecule has 0 aromatic rings. The highest BCUT2D eigenvalue weighted by Crippen LogP contribution is 2.24. The fourth-order valence-corrected chi connectivity index (χ4v) is 0.662. The molecule has 0 heterocycles. The number of halogens is 3. The number of hydrogen-bond acceptors (Lipinski definition) is 3. The van der Waals surface area contributed by atoms with Crippen molar-refractivity contribution in [3.63, 3.8) is 0 Å². The van der Waals surface area contributed by atoms with Gasteiger partial charge in [-0.1, -0.05) is 6.92 Å². The SMILES string of the molecule is CCC(N)(C(=O)O)C(=O)C(F)(F)F. The maximum atomic E-state index is 11.8. The van der Waals surface area contributed by atoms with Crippen LogP contribution in [0.3, 0.4) is 0 Å². The summed E-state index contributed by atoms with van der Waals surface area (Å²) in [5, 5.41) is 8.32. The summed E-state index contributed by atoms with van der Waals surface area (Å²) in [4.78, 5) is 20.8. The molecule has 76 valence electrons. The fourth-order valence-electron chi connectivity index (χ4n) is 0.662. The zero-order valence-corrected chi connectivity index (χ0v) is 6.68. The summed E-state index contributed by atoms with van der Waals surface area (Å²) in [6.45, 7) is 1.10. The summed E-state index contributed by atoms with van der Waals surface area (Å²) in [6, 6.07) is 0. The molecule has 13 heavy (non-hydrogen) atoms. The number of carbonyl (C=O) groups excluding carboxylic acids is 1. The van der Waals surface area contributed by atoms with Gasteiger partial charge in [-0.15, -0.1) is 0 Å². The van der Waals surface area contributed by atoms with E-state index in [-0.39, 0.29) is 0 Å². The number of carboxylic acids is 1. The zero-order valence-electron chi connectivity index (χ0n) is 6.68. The van der Waals surface area contributed by atoms with Crippen LogP contribution in [-0.2, 0) is 9.59 Å². The molecule has 7 heteroatoms. The van der Waals surface area contributed by atoms with Crippen molar-refractivity contribution in [3.05, 3.63) is 0 Å². The highest BCUT2D eigenvalue weighted by atomic mass is 19.4. The highest BCUT2D eigenvalue weighted by molar-refractivity contribution is 6.09. The summed E-state index contributed by atoms with van der Waals surface area (Å²) in [5.41, 5.74) is 1.94. The standard InChI is InChI=1S/C6H8F3NO3/c1-2-5(10,4(12)13)3(11)6(7,8)9/h2,10H2,1H3,(H,12,13). The van der Waals surface area contributed by atoms with Crippen LogP contribution in [0.25, 0.3) is 0 Å². The van der Waals surface area contributed by atoms with Gasteiger partial charge in [-0.25, -0.2) is 4.79 Å². The molecular formula is C6H8F3NO3. The van der Waals surface area contributed by atoms with Crippen LogP contribution in [0.1, 0.15) is 13.3 Å². The minimum Gasteiger partial charge on any atom is -0.480 e. The molecule has 0 spiro atoms.